The SMILES string of the molecule is CCC1(c2nc3c(c(-c4ccccc4)c2C#N)CCCC3)CCCC1. The molecule has 0 saturated heterocycles. The van der Waals surface area contributed by atoms with Crippen LogP contribution < -0.4 is 0 Å². The highest BCUT2D eigenvalue weighted by Crippen LogP contribution is 2.47. The first-order chi connectivity index (χ1) is 12.3. The fraction of sp³-hybridized carbons (Fsp3) is 0.478. The molecule has 2 aromatic rings. The van der Waals surface area contributed by atoms with Gasteiger partial charge in [0, 0.05) is 16.7 Å². The number of hydrogen-bond acceptors (Lipinski definition) is 2. The predicted octanol–water partition coefficient (Wildman–Crippen LogP) is 5.72. The van der Waals surface area contributed by atoms with Crippen molar-refractivity contribution in [3.8, 4) is 17.2 Å². The van der Waals surface area contributed by atoms with E-state index in [4.69, 9.17) is 4.98 Å². The standard InChI is InChI=1S/C23H26N2/c1-2-23(14-8-9-15-23)22-19(16-24)21(17-10-4-3-5-11-17)18-12-6-7-13-20(18)25-22/h3-5,10-11H,2,6-9,12-15H2,1H3. The molecule has 2 aliphatic carbocycles. The van der Waals surface area contributed by atoms with Gasteiger partial charge < -0.3 is 0 Å². The number of aryl methyl sites for hydroxylation is 1. The fourth-order valence-electron chi connectivity index (χ4n) is 4.97. The maximum Gasteiger partial charge on any atom is 0.102 e. The molecule has 0 amide bonds. The molecule has 25 heavy (non-hydrogen) atoms. The monoisotopic (exact) mass is 330 g/mol. The van der Waals surface area contributed by atoms with Gasteiger partial charge in [0.15, 0.2) is 0 Å². The molecule has 0 unspecified atom stereocenters. The first kappa shape index (κ1) is 16.3. The minimum Gasteiger partial charge on any atom is -0.256 e. The molecule has 0 spiro atoms. The van der Waals surface area contributed by atoms with Gasteiger partial charge in [0.05, 0.1) is 11.3 Å². The molecule has 0 bridgehead atoms. The van der Waals surface area contributed by atoms with E-state index in [1.807, 2.05) is 0 Å². The Labute approximate surface area is 150 Å². The summed E-state index contributed by atoms with van der Waals surface area (Å²) in [6.07, 6.45) is 10.5. The number of fused-ring (bicyclic) bond motifs is 1. The number of nitrogens with zero attached hydrogens (tertiary/aromatic N) is 2. The minimum atomic E-state index is 0.112. The Balaban J connectivity index is 2.02. The molecule has 1 heterocycles. The smallest absolute Gasteiger partial charge is 0.102 e. The van der Waals surface area contributed by atoms with E-state index in [9.17, 15) is 5.26 Å². The Morgan fingerprint density at radius 3 is 2.44 bits per heavy atom. The summed E-state index contributed by atoms with van der Waals surface area (Å²) in [6.45, 7) is 2.27. The Morgan fingerprint density at radius 1 is 1.04 bits per heavy atom. The number of nitriles is 1. The highest BCUT2D eigenvalue weighted by molar-refractivity contribution is 5.76. The molecule has 1 aromatic carbocycles. The largest absolute Gasteiger partial charge is 0.256 e. The zero-order valence-corrected chi connectivity index (χ0v) is 15.1. The lowest BCUT2D eigenvalue weighted by Crippen LogP contribution is -2.26. The first-order valence-electron chi connectivity index (χ1n) is 9.81. The molecule has 0 N–H and O–H groups in total. The van der Waals surface area contributed by atoms with Crippen LogP contribution in [0.2, 0.25) is 0 Å². The molecule has 4 rings (SSSR count). The molecule has 2 aliphatic rings. The normalized spacial score (nSPS) is 18.6. The van der Waals surface area contributed by atoms with Crippen molar-refractivity contribution in [1.29, 1.82) is 5.26 Å². The van der Waals surface area contributed by atoms with Crippen molar-refractivity contribution in [1.82, 2.24) is 4.98 Å². The van der Waals surface area contributed by atoms with Gasteiger partial charge >= 0.3 is 0 Å². The van der Waals surface area contributed by atoms with Gasteiger partial charge in [0.2, 0.25) is 0 Å². The average Bonchev–Trinajstić information content (AvgIpc) is 3.17. The van der Waals surface area contributed by atoms with Crippen LogP contribution in [-0.2, 0) is 18.3 Å². The maximum atomic E-state index is 10.1. The van der Waals surface area contributed by atoms with Gasteiger partial charge in [0.25, 0.3) is 0 Å². The van der Waals surface area contributed by atoms with Crippen molar-refractivity contribution in [3.05, 3.63) is 52.8 Å². The average molecular weight is 330 g/mol. The molecule has 0 aliphatic heterocycles. The summed E-state index contributed by atoms with van der Waals surface area (Å²) in [6, 6.07) is 13.1. The zero-order chi connectivity index (χ0) is 17.3. The van der Waals surface area contributed by atoms with E-state index < -0.39 is 0 Å². The Bertz CT molecular complexity index is 808. The topological polar surface area (TPSA) is 36.7 Å². The van der Waals surface area contributed by atoms with Gasteiger partial charge in [-0.25, -0.2) is 0 Å². The van der Waals surface area contributed by atoms with Crippen LogP contribution in [0.15, 0.2) is 30.3 Å². The van der Waals surface area contributed by atoms with Crippen LogP contribution in [0.3, 0.4) is 0 Å². The van der Waals surface area contributed by atoms with Crippen molar-refractivity contribution in [2.45, 2.75) is 70.1 Å². The van der Waals surface area contributed by atoms with Gasteiger partial charge in [-0.15, -0.1) is 0 Å². The number of benzene rings is 1. The van der Waals surface area contributed by atoms with Gasteiger partial charge in [-0.3, -0.25) is 4.98 Å². The Morgan fingerprint density at radius 2 is 1.76 bits per heavy atom. The van der Waals surface area contributed by atoms with E-state index in [-0.39, 0.29) is 5.41 Å². The zero-order valence-electron chi connectivity index (χ0n) is 15.1. The van der Waals surface area contributed by atoms with Crippen LogP contribution in [0.5, 0.6) is 0 Å². The van der Waals surface area contributed by atoms with Crippen LogP contribution in [-0.4, -0.2) is 4.98 Å². The van der Waals surface area contributed by atoms with Crippen LogP contribution in [0.4, 0.5) is 0 Å². The number of aromatic nitrogens is 1. The van der Waals surface area contributed by atoms with E-state index in [1.165, 1.54) is 60.9 Å². The minimum absolute atomic E-state index is 0.112. The van der Waals surface area contributed by atoms with E-state index in [1.54, 1.807) is 0 Å². The summed E-state index contributed by atoms with van der Waals surface area (Å²) >= 11 is 0. The number of pyridine rings is 1. The summed E-state index contributed by atoms with van der Waals surface area (Å²) in [5.41, 5.74) is 7.04. The Kier molecular flexibility index (Phi) is 4.34. The lowest BCUT2D eigenvalue weighted by atomic mass is 9.75. The van der Waals surface area contributed by atoms with Crippen molar-refractivity contribution >= 4 is 0 Å². The fourth-order valence-corrected chi connectivity index (χ4v) is 4.97. The third-order valence-electron chi connectivity index (χ3n) is 6.39. The highest BCUT2D eigenvalue weighted by atomic mass is 14.8. The first-order valence-corrected chi connectivity index (χ1v) is 9.81. The molecule has 0 atom stereocenters. The van der Waals surface area contributed by atoms with Crippen LogP contribution >= 0.6 is 0 Å². The summed E-state index contributed by atoms with van der Waals surface area (Å²) in [5.74, 6) is 0. The summed E-state index contributed by atoms with van der Waals surface area (Å²) in [4.78, 5) is 5.17. The molecule has 1 fully saturated rings. The van der Waals surface area contributed by atoms with Crippen LogP contribution in [0.1, 0.15) is 74.4 Å². The van der Waals surface area contributed by atoms with Crippen LogP contribution in [0.25, 0.3) is 11.1 Å². The van der Waals surface area contributed by atoms with E-state index >= 15 is 0 Å². The third kappa shape index (κ3) is 2.67. The van der Waals surface area contributed by atoms with Gasteiger partial charge in [-0.1, -0.05) is 50.1 Å². The van der Waals surface area contributed by atoms with E-state index in [0.717, 1.165) is 30.5 Å². The molecule has 2 heteroatoms. The summed E-state index contributed by atoms with van der Waals surface area (Å²) in [5, 5.41) is 10.1. The molecule has 0 radical (unpaired) electrons. The lowest BCUT2D eigenvalue weighted by Gasteiger charge is -2.31. The highest BCUT2D eigenvalue weighted by Gasteiger charge is 2.39. The third-order valence-corrected chi connectivity index (χ3v) is 6.39. The van der Waals surface area contributed by atoms with Crippen molar-refractivity contribution in [2.75, 3.05) is 0 Å². The van der Waals surface area contributed by atoms with Gasteiger partial charge in [0.1, 0.15) is 6.07 Å². The van der Waals surface area contributed by atoms with Crippen LogP contribution in [0, 0.1) is 11.3 Å². The van der Waals surface area contributed by atoms with Crippen molar-refractivity contribution in [2.24, 2.45) is 0 Å². The molecular weight excluding hydrogens is 304 g/mol. The summed E-state index contributed by atoms with van der Waals surface area (Å²) in [7, 11) is 0. The molecule has 2 nitrogen and oxygen atoms in total. The molecule has 128 valence electrons. The second-order valence-electron chi connectivity index (χ2n) is 7.66. The maximum absolute atomic E-state index is 10.1. The second-order valence-corrected chi connectivity index (χ2v) is 7.66. The molecular formula is C23H26N2. The lowest BCUT2D eigenvalue weighted by molar-refractivity contribution is 0.409. The van der Waals surface area contributed by atoms with Gasteiger partial charge in [-0.05, 0) is 56.1 Å². The van der Waals surface area contributed by atoms with Crippen molar-refractivity contribution < 1.29 is 0 Å². The van der Waals surface area contributed by atoms with E-state index in [0.29, 0.717) is 0 Å². The number of rotatable bonds is 3. The number of hydrogen-bond donors (Lipinski definition) is 0. The summed E-state index contributed by atoms with van der Waals surface area (Å²) < 4.78 is 0. The quantitative estimate of drug-likeness (QED) is 0.721. The predicted molar refractivity (Wildman–Crippen MR) is 101 cm³/mol. The Hall–Kier alpha value is -2.14. The second kappa shape index (κ2) is 6.64. The van der Waals surface area contributed by atoms with E-state index in [2.05, 4.69) is 43.3 Å². The van der Waals surface area contributed by atoms with Gasteiger partial charge in [-0.2, -0.15) is 5.26 Å². The molecule has 1 saturated carbocycles. The molecule has 1 aromatic heterocycles. The van der Waals surface area contributed by atoms with Crippen molar-refractivity contribution in [3.63, 3.8) is 0 Å².